The van der Waals surface area contributed by atoms with E-state index >= 15 is 0 Å². The SMILES string of the molecule is CSCc1ccc(CNCC(C)C2CC2)o1. The molecular formula is C13H21NOS. The first kappa shape index (κ1) is 12.1. The predicted molar refractivity (Wildman–Crippen MR) is 69.5 cm³/mol. The molecule has 0 amide bonds. The van der Waals surface area contributed by atoms with Gasteiger partial charge in [-0.3, -0.25) is 0 Å². The fraction of sp³-hybridized carbons (Fsp3) is 0.692. The topological polar surface area (TPSA) is 25.2 Å². The number of rotatable bonds is 7. The Kier molecular flexibility index (Phi) is 4.36. The van der Waals surface area contributed by atoms with Gasteiger partial charge in [-0.25, -0.2) is 0 Å². The monoisotopic (exact) mass is 239 g/mol. The van der Waals surface area contributed by atoms with Crippen molar-refractivity contribution in [3.05, 3.63) is 23.7 Å². The third kappa shape index (κ3) is 3.56. The van der Waals surface area contributed by atoms with Gasteiger partial charge < -0.3 is 9.73 Å². The van der Waals surface area contributed by atoms with Crippen molar-refractivity contribution in [2.24, 2.45) is 11.8 Å². The Hall–Kier alpha value is -0.410. The summed E-state index contributed by atoms with van der Waals surface area (Å²) in [6, 6.07) is 4.16. The van der Waals surface area contributed by atoms with E-state index in [2.05, 4.69) is 30.6 Å². The molecule has 1 aromatic heterocycles. The lowest BCUT2D eigenvalue weighted by atomic mass is 10.1. The van der Waals surface area contributed by atoms with Crippen LogP contribution in [0.15, 0.2) is 16.5 Å². The average Bonchev–Trinajstić information content (AvgIpc) is 3.02. The van der Waals surface area contributed by atoms with Crippen molar-refractivity contribution in [3.63, 3.8) is 0 Å². The second kappa shape index (κ2) is 5.78. The highest BCUT2D eigenvalue weighted by Crippen LogP contribution is 2.36. The number of hydrogen-bond acceptors (Lipinski definition) is 3. The first-order chi connectivity index (χ1) is 7.79. The summed E-state index contributed by atoms with van der Waals surface area (Å²) in [7, 11) is 0. The van der Waals surface area contributed by atoms with Crippen molar-refractivity contribution in [3.8, 4) is 0 Å². The molecule has 1 atom stereocenters. The number of furan rings is 1. The molecule has 0 aliphatic heterocycles. The van der Waals surface area contributed by atoms with Crippen LogP contribution in [0.4, 0.5) is 0 Å². The lowest BCUT2D eigenvalue weighted by Gasteiger charge is -2.09. The minimum Gasteiger partial charge on any atom is -0.464 e. The molecule has 90 valence electrons. The Balaban J connectivity index is 1.67. The summed E-state index contributed by atoms with van der Waals surface area (Å²) in [5.41, 5.74) is 0. The smallest absolute Gasteiger partial charge is 0.117 e. The van der Waals surface area contributed by atoms with E-state index in [9.17, 15) is 0 Å². The molecular weight excluding hydrogens is 218 g/mol. The molecule has 1 saturated carbocycles. The molecule has 2 nitrogen and oxygen atoms in total. The van der Waals surface area contributed by atoms with E-state index in [0.717, 1.165) is 42.2 Å². The summed E-state index contributed by atoms with van der Waals surface area (Å²) < 4.78 is 5.70. The Morgan fingerprint density at radius 2 is 2.19 bits per heavy atom. The van der Waals surface area contributed by atoms with E-state index in [1.807, 2.05) is 0 Å². The second-order valence-corrected chi connectivity index (χ2v) is 5.61. The van der Waals surface area contributed by atoms with Crippen molar-refractivity contribution >= 4 is 11.8 Å². The van der Waals surface area contributed by atoms with Crippen molar-refractivity contribution in [1.82, 2.24) is 5.32 Å². The maximum absolute atomic E-state index is 5.70. The maximum Gasteiger partial charge on any atom is 0.117 e. The summed E-state index contributed by atoms with van der Waals surface area (Å²) >= 11 is 1.79. The molecule has 1 unspecified atom stereocenters. The molecule has 2 rings (SSSR count). The van der Waals surface area contributed by atoms with Crippen molar-refractivity contribution in [1.29, 1.82) is 0 Å². The molecule has 1 aromatic rings. The fourth-order valence-corrected chi connectivity index (χ4v) is 2.43. The van der Waals surface area contributed by atoms with Crippen LogP contribution in [0.25, 0.3) is 0 Å². The van der Waals surface area contributed by atoms with Gasteiger partial charge >= 0.3 is 0 Å². The molecule has 0 spiro atoms. The quantitative estimate of drug-likeness (QED) is 0.790. The summed E-state index contributed by atoms with van der Waals surface area (Å²) in [6.07, 6.45) is 4.96. The van der Waals surface area contributed by atoms with Gasteiger partial charge in [-0.1, -0.05) is 6.92 Å². The van der Waals surface area contributed by atoms with Gasteiger partial charge in [-0.15, -0.1) is 0 Å². The van der Waals surface area contributed by atoms with Crippen molar-refractivity contribution in [2.75, 3.05) is 12.8 Å². The maximum atomic E-state index is 5.70. The summed E-state index contributed by atoms with van der Waals surface area (Å²) in [5, 5.41) is 3.48. The Morgan fingerprint density at radius 1 is 1.44 bits per heavy atom. The van der Waals surface area contributed by atoms with Crippen LogP contribution in [0, 0.1) is 11.8 Å². The number of thioether (sulfide) groups is 1. The first-order valence-corrected chi connectivity index (χ1v) is 7.46. The highest BCUT2D eigenvalue weighted by atomic mass is 32.2. The van der Waals surface area contributed by atoms with Gasteiger partial charge in [0.05, 0.1) is 12.3 Å². The molecule has 0 radical (unpaired) electrons. The van der Waals surface area contributed by atoms with E-state index in [-0.39, 0.29) is 0 Å². The van der Waals surface area contributed by atoms with Crippen LogP contribution in [0.5, 0.6) is 0 Å². The zero-order chi connectivity index (χ0) is 11.4. The second-order valence-electron chi connectivity index (χ2n) is 4.75. The van der Waals surface area contributed by atoms with Gasteiger partial charge in [-0.2, -0.15) is 11.8 Å². The summed E-state index contributed by atoms with van der Waals surface area (Å²) in [6.45, 7) is 4.32. The standard InChI is InChI=1S/C13H21NOS/c1-10(11-3-4-11)7-14-8-12-5-6-13(15-12)9-16-2/h5-6,10-11,14H,3-4,7-9H2,1-2H3. The minimum atomic E-state index is 0.820. The van der Waals surface area contributed by atoms with Crippen LogP contribution >= 0.6 is 11.8 Å². The van der Waals surface area contributed by atoms with Gasteiger partial charge in [0, 0.05) is 0 Å². The molecule has 1 fully saturated rings. The van der Waals surface area contributed by atoms with E-state index in [1.165, 1.54) is 12.8 Å². The highest BCUT2D eigenvalue weighted by Gasteiger charge is 2.27. The Morgan fingerprint density at radius 3 is 2.88 bits per heavy atom. The van der Waals surface area contributed by atoms with E-state index < -0.39 is 0 Å². The molecule has 1 aliphatic carbocycles. The molecule has 0 aromatic carbocycles. The van der Waals surface area contributed by atoms with E-state index in [0.29, 0.717) is 0 Å². The van der Waals surface area contributed by atoms with Gasteiger partial charge in [0.25, 0.3) is 0 Å². The van der Waals surface area contributed by atoms with Gasteiger partial charge in [0.1, 0.15) is 11.5 Å². The van der Waals surface area contributed by atoms with Crippen molar-refractivity contribution < 1.29 is 4.42 Å². The third-order valence-electron chi connectivity index (χ3n) is 3.20. The largest absolute Gasteiger partial charge is 0.464 e. The summed E-state index contributed by atoms with van der Waals surface area (Å²) in [4.78, 5) is 0. The zero-order valence-electron chi connectivity index (χ0n) is 10.2. The fourth-order valence-electron chi connectivity index (χ4n) is 1.99. The highest BCUT2D eigenvalue weighted by molar-refractivity contribution is 7.97. The molecule has 1 heterocycles. The molecule has 1 aliphatic rings. The third-order valence-corrected chi connectivity index (χ3v) is 3.77. The van der Waals surface area contributed by atoms with E-state index in [1.54, 1.807) is 11.8 Å². The van der Waals surface area contributed by atoms with Crippen LogP contribution in [0.2, 0.25) is 0 Å². The van der Waals surface area contributed by atoms with Crippen LogP contribution in [-0.4, -0.2) is 12.8 Å². The molecule has 1 N–H and O–H groups in total. The number of hydrogen-bond donors (Lipinski definition) is 1. The lowest BCUT2D eigenvalue weighted by molar-refractivity contribution is 0.421. The van der Waals surface area contributed by atoms with Crippen LogP contribution in [0.1, 0.15) is 31.3 Å². The molecule has 3 heteroatoms. The van der Waals surface area contributed by atoms with Crippen LogP contribution < -0.4 is 5.32 Å². The lowest BCUT2D eigenvalue weighted by Crippen LogP contribution is -2.21. The van der Waals surface area contributed by atoms with Crippen LogP contribution in [0.3, 0.4) is 0 Å². The normalized spacial score (nSPS) is 17.6. The predicted octanol–water partition coefficient (Wildman–Crippen LogP) is 3.28. The van der Waals surface area contributed by atoms with Crippen molar-refractivity contribution in [2.45, 2.75) is 32.1 Å². The Bertz CT molecular complexity index is 319. The average molecular weight is 239 g/mol. The van der Waals surface area contributed by atoms with Gasteiger partial charge in [-0.05, 0) is 49.6 Å². The number of nitrogens with one attached hydrogen (secondary N) is 1. The molecule has 0 saturated heterocycles. The Labute approximate surface area is 102 Å². The molecule has 16 heavy (non-hydrogen) atoms. The van der Waals surface area contributed by atoms with Crippen LogP contribution in [-0.2, 0) is 12.3 Å². The van der Waals surface area contributed by atoms with Gasteiger partial charge in [0.2, 0.25) is 0 Å². The molecule has 0 bridgehead atoms. The summed E-state index contributed by atoms with van der Waals surface area (Å²) in [5.74, 6) is 4.92. The minimum absolute atomic E-state index is 0.820. The zero-order valence-corrected chi connectivity index (χ0v) is 11.0. The van der Waals surface area contributed by atoms with E-state index in [4.69, 9.17) is 4.42 Å². The first-order valence-electron chi connectivity index (χ1n) is 6.07. The van der Waals surface area contributed by atoms with Gasteiger partial charge in [0.15, 0.2) is 0 Å².